The Bertz CT molecular complexity index is 561. The van der Waals surface area contributed by atoms with E-state index in [1.54, 1.807) is 11.3 Å². The third-order valence-electron chi connectivity index (χ3n) is 2.00. The van der Waals surface area contributed by atoms with Crippen LogP contribution in [0.3, 0.4) is 0 Å². The lowest BCUT2D eigenvalue weighted by atomic mass is 10.2. The molecule has 1 nitrogen and oxygen atoms in total. The zero-order chi connectivity index (χ0) is 11.9. The highest BCUT2D eigenvalue weighted by molar-refractivity contribution is 9.11. The number of hydrogen-bond donors (Lipinski definition) is 0. The molecule has 0 fully saturated rings. The van der Waals surface area contributed by atoms with E-state index in [9.17, 15) is 0 Å². The summed E-state index contributed by atoms with van der Waals surface area (Å²) in [4.78, 5) is 5.32. The minimum absolute atomic E-state index is 0.532. The van der Waals surface area contributed by atoms with Gasteiger partial charge in [0.1, 0.15) is 6.54 Å². The molecule has 2 aromatic rings. The Balaban J connectivity index is 1.88. The Labute approximate surface area is 113 Å². The van der Waals surface area contributed by atoms with E-state index in [1.807, 2.05) is 48.7 Å². The predicted molar refractivity (Wildman–Crippen MR) is 77.8 cm³/mol. The summed E-state index contributed by atoms with van der Waals surface area (Å²) in [6, 6.07) is 14.0. The molecule has 17 heavy (non-hydrogen) atoms. The molecule has 1 aromatic carbocycles. The summed E-state index contributed by atoms with van der Waals surface area (Å²) in [6.07, 6.45) is 1.85. The van der Waals surface area contributed by atoms with Gasteiger partial charge >= 0.3 is 0 Å². The summed E-state index contributed by atoms with van der Waals surface area (Å²) in [5, 5.41) is 0. The van der Waals surface area contributed by atoms with Crippen LogP contribution in [0, 0.1) is 11.8 Å². The fourth-order valence-corrected chi connectivity index (χ4v) is 2.50. The first-order valence-electron chi connectivity index (χ1n) is 5.14. The molecule has 1 aromatic heterocycles. The second-order valence-corrected chi connectivity index (χ2v) is 5.75. The SMILES string of the molecule is Brc1ccc(C#CCN=Cc2ccccc2)s1. The van der Waals surface area contributed by atoms with E-state index in [0.717, 1.165) is 14.2 Å². The zero-order valence-corrected chi connectivity index (χ0v) is 11.5. The van der Waals surface area contributed by atoms with Crippen LogP contribution in [0.5, 0.6) is 0 Å². The number of nitrogens with zero attached hydrogens (tertiary/aromatic N) is 1. The van der Waals surface area contributed by atoms with Crippen molar-refractivity contribution < 1.29 is 0 Å². The lowest BCUT2D eigenvalue weighted by Gasteiger charge is -1.88. The van der Waals surface area contributed by atoms with Crippen molar-refractivity contribution >= 4 is 33.5 Å². The van der Waals surface area contributed by atoms with Crippen molar-refractivity contribution in [2.45, 2.75) is 0 Å². The van der Waals surface area contributed by atoms with Crippen LogP contribution in [0.4, 0.5) is 0 Å². The second kappa shape index (κ2) is 6.39. The van der Waals surface area contributed by atoms with Crippen molar-refractivity contribution in [2.75, 3.05) is 6.54 Å². The standard InChI is InChI=1S/C14H10BrNS/c15-14-9-8-13(17-14)7-4-10-16-11-12-5-2-1-3-6-12/h1-3,5-6,8-9,11H,10H2. The van der Waals surface area contributed by atoms with Gasteiger partial charge in [-0.25, -0.2) is 0 Å². The van der Waals surface area contributed by atoms with E-state index in [2.05, 4.69) is 32.8 Å². The molecule has 0 saturated heterocycles. The number of thiophene rings is 1. The first-order chi connectivity index (χ1) is 8.34. The highest BCUT2D eigenvalue weighted by Gasteiger charge is 1.90. The predicted octanol–water partition coefficient (Wildman–Crippen LogP) is 3.98. The molecule has 0 amide bonds. The molecule has 3 heteroatoms. The molecule has 0 saturated carbocycles. The third-order valence-corrected chi connectivity index (χ3v) is 3.53. The Kier molecular flexibility index (Phi) is 4.54. The average Bonchev–Trinajstić information content (AvgIpc) is 2.76. The molecule has 1 heterocycles. The van der Waals surface area contributed by atoms with Gasteiger partial charge in [0.15, 0.2) is 0 Å². The Morgan fingerprint density at radius 3 is 2.71 bits per heavy atom. The van der Waals surface area contributed by atoms with Gasteiger partial charge in [0, 0.05) is 6.21 Å². The topological polar surface area (TPSA) is 12.4 Å². The molecular formula is C14H10BrNS. The molecule has 0 unspecified atom stereocenters. The second-order valence-electron chi connectivity index (χ2n) is 3.29. The molecule has 2 rings (SSSR count). The summed E-state index contributed by atoms with van der Waals surface area (Å²) >= 11 is 5.04. The van der Waals surface area contributed by atoms with E-state index in [-0.39, 0.29) is 0 Å². The highest BCUT2D eigenvalue weighted by atomic mass is 79.9. The van der Waals surface area contributed by atoms with Crippen LogP contribution >= 0.6 is 27.3 Å². The van der Waals surface area contributed by atoms with Gasteiger partial charge in [-0.15, -0.1) is 11.3 Å². The van der Waals surface area contributed by atoms with Gasteiger partial charge in [-0.3, -0.25) is 4.99 Å². The van der Waals surface area contributed by atoms with E-state index in [1.165, 1.54) is 0 Å². The van der Waals surface area contributed by atoms with Crippen molar-refractivity contribution in [1.82, 2.24) is 0 Å². The smallest absolute Gasteiger partial charge is 0.100 e. The first kappa shape index (κ1) is 12.1. The average molecular weight is 304 g/mol. The van der Waals surface area contributed by atoms with Crippen LogP contribution in [0.1, 0.15) is 10.4 Å². The van der Waals surface area contributed by atoms with E-state index < -0.39 is 0 Å². The maximum absolute atomic E-state index is 4.26. The molecule has 0 N–H and O–H groups in total. The molecule has 0 radical (unpaired) electrons. The monoisotopic (exact) mass is 303 g/mol. The van der Waals surface area contributed by atoms with Gasteiger partial charge in [-0.05, 0) is 33.6 Å². The summed E-state index contributed by atoms with van der Waals surface area (Å²) in [5.41, 5.74) is 1.10. The fourth-order valence-electron chi connectivity index (χ4n) is 1.24. The molecule has 0 aliphatic rings. The van der Waals surface area contributed by atoms with Crippen LogP contribution in [0.15, 0.2) is 51.2 Å². The van der Waals surface area contributed by atoms with Crippen molar-refractivity contribution in [2.24, 2.45) is 4.99 Å². The number of halogens is 1. The fraction of sp³-hybridized carbons (Fsp3) is 0.0714. The Hall–Kier alpha value is -1.37. The number of rotatable bonds is 2. The Morgan fingerprint density at radius 1 is 1.18 bits per heavy atom. The minimum atomic E-state index is 0.532. The van der Waals surface area contributed by atoms with Crippen LogP contribution in [-0.2, 0) is 0 Å². The minimum Gasteiger partial charge on any atom is -0.280 e. The van der Waals surface area contributed by atoms with Crippen molar-refractivity contribution in [3.05, 3.63) is 56.7 Å². The number of aliphatic imine (C=N–C) groups is 1. The van der Waals surface area contributed by atoms with E-state index >= 15 is 0 Å². The van der Waals surface area contributed by atoms with E-state index in [4.69, 9.17) is 0 Å². The third kappa shape index (κ3) is 4.18. The van der Waals surface area contributed by atoms with Gasteiger partial charge in [-0.2, -0.15) is 0 Å². The lowest BCUT2D eigenvalue weighted by molar-refractivity contribution is 1.30. The van der Waals surface area contributed by atoms with Crippen molar-refractivity contribution in [3.63, 3.8) is 0 Å². The molecule has 0 atom stereocenters. The maximum atomic E-state index is 4.26. The summed E-state index contributed by atoms with van der Waals surface area (Å²) in [5.74, 6) is 6.10. The van der Waals surface area contributed by atoms with Crippen LogP contribution in [0.25, 0.3) is 0 Å². The zero-order valence-electron chi connectivity index (χ0n) is 9.06. The normalized spacial score (nSPS) is 10.2. The number of hydrogen-bond acceptors (Lipinski definition) is 2. The van der Waals surface area contributed by atoms with Gasteiger partial charge in [0.2, 0.25) is 0 Å². The van der Waals surface area contributed by atoms with Gasteiger partial charge in [-0.1, -0.05) is 42.2 Å². The molecule has 0 aliphatic heterocycles. The first-order valence-corrected chi connectivity index (χ1v) is 6.74. The van der Waals surface area contributed by atoms with Crippen LogP contribution < -0.4 is 0 Å². The summed E-state index contributed by atoms with van der Waals surface area (Å²) in [7, 11) is 0. The largest absolute Gasteiger partial charge is 0.280 e. The van der Waals surface area contributed by atoms with Crippen LogP contribution in [0.2, 0.25) is 0 Å². The number of benzene rings is 1. The Morgan fingerprint density at radius 2 is 2.00 bits per heavy atom. The highest BCUT2D eigenvalue weighted by Crippen LogP contribution is 2.20. The molecule has 84 valence electrons. The molecular weight excluding hydrogens is 294 g/mol. The summed E-state index contributed by atoms with van der Waals surface area (Å²) < 4.78 is 1.11. The van der Waals surface area contributed by atoms with Crippen molar-refractivity contribution in [3.8, 4) is 11.8 Å². The van der Waals surface area contributed by atoms with Crippen LogP contribution in [-0.4, -0.2) is 12.8 Å². The van der Waals surface area contributed by atoms with Gasteiger partial charge < -0.3 is 0 Å². The molecule has 0 spiro atoms. The maximum Gasteiger partial charge on any atom is 0.100 e. The lowest BCUT2D eigenvalue weighted by Crippen LogP contribution is -1.81. The molecule has 0 aliphatic carbocycles. The van der Waals surface area contributed by atoms with Gasteiger partial charge in [0.05, 0.1) is 8.66 Å². The van der Waals surface area contributed by atoms with Crippen molar-refractivity contribution in [1.29, 1.82) is 0 Å². The quantitative estimate of drug-likeness (QED) is 0.588. The summed E-state index contributed by atoms with van der Waals surface area (Å²) in [6.45, 7) is 0.532. The van der Waals surface area contributed by atoms with E-state index in [0.29, 0.717) is 6.54 Å². The van der Waals surface area contributed by atoms with Gasteiger partial charge in [0.25, 0.3) is 0 Å². The molecule has 0 bridgehead atoms.